The van der Waals surface area contributed by atoms with Crippen LogP contribution in [0.4, 0.5) is 16.2 Å². The van der Waals surface area contributed by atoms with Gasteiger partial charge in [-0.2, -0.15) is 0 Å². The Labute approximate surface area is 155 Å². The van der Waals surface area contributed by atoms with Crippen molar-refractivity contribution in [2.24, 2.45) is 0 Å². The summed E-state index contributed by atoms with van der Waals surface area (Å²) in [5, 5.41) is 2.76. The van der Waals surface area contributed by atoms with Crippen molar-refractivity contribution >= 4 is 35.3 Å². The summed E-state index contributed by atoms with van der Waals surface area (Å²) in [6.45, 7) is 0.589. The monoisotopic (exact) mass is 373 g/mol. The number of nitrogens with zero attached hydrogens (tertiary/aromatic N) is 2. The molecule has 9 heteroatoms. The van der Waals surface area contributed by atoms with Crippen molar-refractivity contribution in [2.45, 2.75) is 18.9 Å². The molecule has 0 spiro atoms. The third-order valence-electron chi connectivity index (χ3n) is 4.47. The lowest BCUT2D eigenvalue weighted by molar-refractivity contribution is -0.138. The van der Waals surface area contributed by atoms with Crippen LogP contribution in [0.3, 0.4) is 0 Å². The molecule has 2 fully saturated rings. The van der Waals surface area contributed by atoms with E-state index < -0.39 is 11.9 Å². The van der Waals surface area contributed by atoms with Crippen LogP contribution in [0.2, 0.25) is 0 Å². The number of fused-ring (bicyclic) bond motifs is 1. The number of benzene rings is 1. The van der Waals surface area contributed by atoms with Crippen molar-refractivity contribution in [3.05, 3.63) is 36.0 Å². The number of amides is 3. The molecular formula is C18H19N3O6. The second kappa shape index (κ2) is 7.48. The quantitative estimate of drug-likeness (QED) is 0.470. The predicted octanol–water partition coefficient (Wildman–Crippen LogP) is 1.26. The topological polar surface area (TPSA) is 105 Å². The Hall–Kier alpha value is -3.36. The minimum Gasteiger partial charge on any atom is -0.466 e. The van der Waals surface area contributed by atoms with Gasteiger partial charge in [-0.1, -0.05) is 0 Å². The minimum absolute atomic E-state index is 0.105. The minimum atomic E-state index is -0.741. The highest BCUT2D eigenvalue weighted by Gasteiger charge is 2.47. The van der Waals surface area contributed by atoms with Gasteiger partial charge in [0.2, 0.25) is 0 Å². The summed E-state index contributed by atoms with van der Waals surface area (Å²) in [6, 6.07) is 5.68. The van der Waals surface area contributed by atoms with E-state index in [1.807, 2.05) is 0 Å². The Kier molecular flexibility index (Phi) is 5.11. The predicted molar refractivity (Wildman–Crippen MR) is 94.8 cm³/mol. The van der Waals surface area contributed by atoms with Crippen LogP contribution in [0.1, 0.15) is 12.8 Å². The molecule has 0 bridgehead atoms. The van der Waals surface area contributed by atoms with Crippen LogP contribution in [0.5, 0.6) is 0 Å². The van der Waals surface area contributed by atoms with Crippen LogP contribution < -0.4 is 10.2 Å². The first kappa shape index (κ1) is 18.4. The molecule has 2 aliphatic rings. The first-order chi connectivity index (χ1) is 13.0. The van der Waals surface area contributed by atoms with Gasteiger partial charge >= 0.3 is 18.0 Å². The second-order valence-electron chi connectivity index (χ2n) is 6.05. The molecule has 1 aromatic carbocycles. The van der Waals surface area contributed by atoms with E-state index >= 15 is 0 Å². The highest BCUT2D eigenvalue weighted by Crippen LogP contribution is 2.31. The van der Waals surface area contributed by atoms with Gasteiger partial charge in [-0.05, 0) is 37.1 Å². The fraction of sp³-hybridized carbons (Fsp3) is 0.333. The van der Waals surface area contributed by atoms with Gasteiger partial charge in [0.25, 0.3) is 5.91 Å². The lowest BCUT2D eigenvalue weighted by atomic mass is 10.2. The number of carbonyl (C=O) groups excluding carboxylic acids is 4. The maximum Gasteiger partial charge on any atom is 0.354 e. The van der Waals surface area contributed by atoms with Gasteiger partial charge in [0, 0.05) is 12.2 Å². The lowest BCUT2D eigenvalue weighted by Crippen LogP contribution is -2.33. The number of nitrogens with one attached hydrogen (secondary N) is 1. The zero-order chi connectivity index (χ0) is 19.6. The summed E-state index contributed by atoms with van der Waals surface area (Å²) in [4.78, 5) is 50.8. The molecule has 1 unspecified atom stereocenters. The molecule has 142 valence electrons. The van der Waals surface area contributed by atoms with Crippen molar-refractivity contribution in [3.63, 3.8) is 0 Å². The van der Waals surface area contributed by atoms with Gasteiger partial charge in [-0.3, -0.25) is 4.79 Å². The van der Waals surface area contributed by atoms with E-state index in [0.717, 1.165) is 12.5 Å². The Morgan fingerprint density at radius 3 is 2.44 bits per heavy atom. The Bertz CT molecular complexity index is 795. The number of ether oxygens (including phenoxy) is 2. The van der Waals surface area contributed by atoms with Crippen LogP contribution in [0.15, 0.2) is 36.0 Å². The molecule has 1 N–H and O–H groups in total. The number of hydrogen-bond acceptors (Lipinski definition) is 7. The van der Waals surface area contributed by atoms with Gasteiger partial charge in [0.15, 0.2) is 0 Å². The largest absolute Gasteiger partial charge is 0.466 e. The number of esters is 2. The normalized spacial score (nSPS) is 19.2. The Morgan fingerprint density at radius 2 is 1.85 bits per heavy atom. The number of anilines is 2. The van der Waals surface area contributed by atoms with Crippen LogP contribution in [0.25, 0.3) is 0 Å². The summed E-state index contributed by atoms with van der Waals surface area (Å²) in [6.07, 6.45) is 2.49. The van der Waals surface area contributed by atoms with Crippen molar-refractivity contribution in [3.8, 4) is 0 Å². The molecule has 0 saturated carbocycles. The fourth-order valence-electron chi connectivity index (χ4n) is 3.14. The average Bonchev–Trinajstić information content (AvgIpc) is 3.25. The number of urea groups is 1. The number of carbonyl (C=O) groups is 4. The standard InChI is InChI=1S/C18H19N3O6/c1-26-15(22)10-13(17(24)27-2)19-11-5-7-12(8-6-11)21-16(23)14-4-3-9-20(14)18(21)25/h5-8,10,14,19H,3-4,9H2,1-2H3/b13-10+. The summed E-state index contributed by atoms with van der Waals surface area (Å²) in [5.41, 5.74) is 0.812. The van der Waals surface area contributed by atoms with Crippen molar-refractivity contribution < 1.29 is 28.7 Å². The van der Waals surface area contributed by atoms with Gasteiger partial charge in [0.05, 0.1) is 26.0 Å². The molecule has 1 aromatic rings. The molecule has 3 amide bonds. The van der Waals surface area contributed by atoms with E-state index in [2.05, 4.69) is 14.8 Å². The van der Waals surface area contributed by atoms with E-state index in [9.17, 15) is 19.2 Å². The molecule has 2 heterocycles. The number of rotatable bonds is 5. The molecule has 0 aliphatic carbocycles. The fourth-order valence-corrected chi connectivity index (χ4v) is 3.14. The molecule has 3 rings (SSSR count). The molecular weight excluding hydrogens is 354 g/mol. The van der Waals surface area contributed by atoms with Gasteiger partial charge in [0.1, 0.15) is 11.7 Å². The zero-order valence-electron chi connectivity index (χ0n) is 14.9. The number of imide groups is 1. The number of hydrogen-bond donors (Lipinski definition) is 1. The maximum atomic E-state index is 12.5. The summed E-state index contributed by atoms with van der Waals surface area (Å²) < 4.78 is 9.14. The van der Waals surface area contributed by atoms with E-state index in [4.69, 9.17) is 0 Å². The number of methoxy groups -OCH3 is 2. The Morgan fingerprint density at radius 1 is 1.15 bits per heavy atom. The molecule has 0 aromatic heterocycles. The van der Waals surface area contributed by atoms with Crippen LogP contribution >= 0.6 is 0 Å². The van der Waals surface area contributed by atoms with E-state index in [0.29, 0.717) is 24.3 Å². The molecule has 0 radical (unpaired) electrons. The van der Waals surface area contributed by atoms with Crippen molar-refractivity contribution in [1.29, 1.82) is 0 Å². The van der Waals surface area contributed by atoms with E-state index in [1.54, 1.807) is 29.2 Å². The van der Waals surface area contributed by atoms with Crippen LogP contribution in [-0.2, 0) is 23.9 Å². The van der Waals surface area contributed by atoms with Crippen molar-refractivity contribution in [2.75, 3.05) is 31.0 Å². The summed E-state index contributed by atoms with van der Waals surface area (Å²) in [7, 11) is 2.38. The molecule has 2 aliphatic heterocycles. The Balaban J connectivity index is 1.78. The average molecular weight is 373 g/mol. The summed E-state index contributed by atoms with van der Waals surface area (Å²) >= 11 is 0. The lowest BCUT2D eigenvalue weighted by Gasteiger charge is -2.16. The van der Waals surface area contributed by atoms with Crippen LogP contribution in [-0.4, -0.2) is 55.6 Å². The first-order valence-electron chi connectivity index (χ1n) is 8.36. The third kappa shape index (κ3) is 3.48. The van der Waals surface area contributed by atoms with Gasteiger partial charge in [-0.25, -0.2) is 19.3 Å². The zero-order valence-corrected chi connectivity index (χ0v) is 14.9. The van der Waals surface area contributed by atoms with E-state index in [1.165, 1.54) is 19.1 Å². The smallest absolute Gasteiger partial charge is 0.354 e. The third-order valence-corrected chi connectivity index (χ3v) is 4.47. The molecule has 27 heavy (non-hydrogen) atoms. The molecule has 2 saturated heterocycles. The maximum absolute atomic E-state index is 12.5. The summed E-state index contributed by atoms with van der Waals surface area (Å²) in [5.74, 6) is -1.68. The highest BCUT2D eigenvalue weighted by atomic mass is 16.5. The highest BCUT2D eigenvalue weighted by molar-refractivity contribution is 6.21. The van der Waals surface area contributed by atoms with Gasteiger partial charge in [-0.15, -0.1) is 0 Å². The van der Waals surface area contributed by atoms with E-state index in [-0.39, 0.29) is 23.7 Å². The SMILES string of the molecule is COC(=O)/C=C(/Nc1ccc(N2C(=O)C3CCCN3C2=O)cc1)C(=O)OC. The molecule has 1 atom stereocenters. The first-order valence-corrected chi connectivity index (χ1v) is 8.36. The second-order valence-corrected chi connectivity index (χ2v) is 6.05. The van der Waals surface area contributed by atoms with Crippen molar-refractivity contribution in [1.82, 2.24) is 4.90 Å². The molecule has 9 nitrogen and oxygen atoms in total. The van der Waals surface area contributed by atoms with Gasteiger partial charge < -0.3 is 19.7 Å². The van der Waals surface area contributed by atoms with Crippen LogP contribution in [0, 0.1) is 0 Å².